The fraction of sp³-hybridized carbons (Fsp3) is 0.222. The third-order valence-corrected chi connectivity index (χ3v) is 11.7. The third-order valence-electron chi connectivity index (χ3n) is 11.7. The van der Waals surface area contributed by atoms with E-state index in [1.807, 2.05) is 78.9 Å². The van der Waals surface area contributed by atoms with Gasteiger partial charge in [0, 0.05) is 23.0 Å². The molecule has 6 atom stereocenters. The molecule has 6 unspecified atom stereocenters. The molecular formula is C45H37NO7. The minimum atomic E-state index is -1.34. The van der Waals surface area contributed by atoms with Crippen molar-refractivity contribution in [2.45, 2.75) is 25.2 Å². The van der Waals surface area contributed by atoms with Crippen LogP contribution in [0.3, 0.4) is 0 Å². The summed E-state index contributed by atoms with van der Waals surface area (Å²) >= 11 is 0. The summed E-state index contributed by atoms with van der Waals surface area (Å²) in [4.78, 5) is 71.9. The van der Waals surface area contributed by atoms with Crippen LogP contribution in [-0.2, 0) is 24.6 Å². The highest BCUT2D eigenvalue weighted by atomic mass is 16.5. The van der Waals surface area contributed by atoms with E-state index in [1.54, 1.807) is 36.4 Å². The second kappa shape index (κ2) is 13.1. The molecule has 8 heteroatoms. The molecule has 3 aliphatic carbocycles. The molecule has 1 heterocycles. The number of ketones is 3. The number of allylic oxidation sites excluding steroid dienone is 5. The molecule has 4 aromatic rings. The molecule has 2 fully saturated rings. The summed E-state index contributed by atoms with van der Waals surface area (Å²) in [6.45, 7) is 1.46. The number of amides is 2. The zero-order valence-corrected chi connectivity index (χ0v) is 29.3. The highest BCUT2D eigenvalue weighted by Crippen LogP contribution is 2.61. The molecule has 0 radical (unpaired) electrons. The fourth-order valence-electron chi connectivity index (χ4n) is 9.23. The number of Topliss-reactive ketones (excluding diaryl/α,β-unsaturated/α-hetero) is 2. The average Bonchev–Trinajstić information content (AvgIpc) is 3.44. The molecule has 1 N–H and O–H groups in total. The number of nitrogens with zero attached hydrogens (tertiary/aromatic N) is 1. The molecule has 4 aromatic carbocycles. The molecule has 1 saturated heterocycles. The third kappa shape index (κ3) is 5.31. The SMILES string of the molecule is COc1cc(C=CC2C3=CCC4C(=O)N(c5ccc(C(C)=O)cc5)C(=O)C4C3CC3C(=O)C(c4ccccc4)=CC(=O)C23c2ccccc2)ccc1O. The van der Waals surface area contributed by atoms with Gasteiger partial charge in [0.25, 0.3) is 0 Å². The molecule has 0 aromatic heterocycles. The Morgan fingerprint density at radius 2 is 1.57 bits per heavy atom. The number of carbonyl (C=O) groups excluding carboxylic acids is 5. The van der Waals surface area contributed by atoms with Crippen molar-refractivity contribution in [1.82, 2.24) is 0 Å². The normalized spacial score (nSPS) is 26.5. The Bertz CT molecular complexity index is 2270. The molecule has 0 bridgehead atoms. The Kier molecular flexibility index (Phi) is 8.41. The van der Waals surface area contributed by atoms with Crippen LogP contribution in [0.1, 0.15) is 46.8 Å². The van der Waals surface area contributed by atoms with Gasteiger partial charge in [-0.15, -0.1) is 0 Å². The number of rotatable bonds is 7. The zero-order chi connectivity index (χ0) is 37.0. The lowest BCUT2D eigenvalue weighted by molar-refractivity contribution is -0.135. The van der Waals surface area contributed by atoms with Gasteiger partial charge >= 0.3 is 0 Å². The Morgan fingerprint density at radius 1 is 0.868 bits per heavy atom. The lowest BCUT2D eigenvalue weighted by atomic mass is 9.45. The van der Waals surface area contributed by atoms with Crippen LogP contribution in [0.4, 0.5) is 5.69 Å². The number of phenols is 1. The number of phenolic OH excluding ortho intramolecular Hbond substituents is 1. The molecule has 8 nitrogen and oxygen atoms in total. The van der Waals surface area contributed by atoms with Crippen molar-refractivity contribution in [2.24, 2.45) is 29.6 Å². The lowest BCUT2D eigenvalue weighted by Crippen LogP contribution is -2.59. The van der Waals surface area contributed by atoms with Crippen LogP contribution in [0, 0.1) is 29.6 Å². The Labute approximate surface area is 307 Å². The molecule has 1 saturated carbocycles. The standard InChI is InChI=1S/C45H37NO7/c1-26(47)28-15-17-31(18-16-28)46-43(51)33-20-19-32-35(41(33)44(46)52)24-37-42(50)34(29-9-5-3-6-10-29)25-40(49)45(37,30-11-7-4-8-12-30)36(32)21-13-27-14-22-38(48)39(23-27)53-2/h3-19,21-23,25,33,35-37,41,48H,20,24H2,1-2H3. The smallest absolute Gasteiger partial charge is 0.238 e. The molecule has 0 spiro atoms. The van der Waals surface area contributed by atoms with Crippen molar-refractivity contribution in [3.05, 3.63) is 149 Å². The largest absolute Gasteiger partial charge is 0.504 e. The number of anilines is 1. The van der Waals surface area contributed by atoms with Gasteiger partial charge in [-0.3, -0.25) is 28.9 Å². The predicted octanol–water partition coefficient (Wildman–Crippen LogP) is 7.18. The topological polar surface area (TPSA) is 118 Å². The van der Waals surface area contributed by atoms with Gasteiger partial charge in [-0.05, 0) is 84.8 Å². The number of hydrogen-bond donors (Lipinski definition) is 1. The monoisotopic (exact) mass is 703 g/mol. The summed E-state index contributed by atoms with van der Waals surface area (Å²) in [6.07, 6.45) is 7.81. The van der Waals surface area contributed by atoms with E-state index in [4.69, 9.17) is 4.74 Å². The van der Waals surface area contributed by atoms with Crippen LogP contribution in [0.2, 0.25) is 0 Å². The summed E-state index contributed by atoms with van der Waals surface area (Å²) in [5, 5.41) is 10.3. The number of aromatic hydroxyl groups is 1. The number of hydrogen-bond acceptors (Lipinski definition) is 7. The second-order valence-corrected chi connectivity index (χ2v) is 14.2. The van der Waals surface area contributed by atoms with E-state index in [2.05, 4.69) is 0 Å². The summed E-state index contributed by atoms with van der Waals surface area (Å²) in [6, 6.07) is 30.0. The molecule has 2 amide bonds. The molecule has 8 rings (SSSR count). The van der Waals surface area contributed by atoms with Gasteiger partial charge in [-0.25, -0.2) is 0 Å². The van der Waals surface area contributed by atoms with E-state index >= 15 is 9.59 Å². The number of benzene rings is 4. The average molecular weight is 704 g/mol. The van der Waals surface area contributed by atoms with Gasteiger partial charge in [0.05, 0.1) is 30.0 Å². The highest BCUT2D eigenvalue weighted by molar-refractivity contribution is 6.31. The minimum Gasteiger partial charge on any atom is -0.504 e. The van der Waals surface area contributed by atoms with Crippen LogP contribution in [-0.4, -0.2) is 41.4 Å². The lowest BCUT2D eigenvalue weighted by Gasteiger charge is -2.54. The fourth-order valence-corrected chi connectivity index (χ4v) is 9.23. The van der Waals surface area contributed by atoms with Crippen molar-refractivity contribution < 1.29 is 33.8 Å². The van der Waals surface area contributed by atoms with Crippen LogP contribution < -0.4 is 9.64 Å². The Morgan fingerprint density at radius 3 is 2.25 bits per heavy atom. The highest BCUT2D eigenvalue weighted by Gasteiger charge is 2.65. The van der Waals surface area contributed by atoms with E-state index in [0.717, 1.165) is 5.57 Å². The second-order valence-electron chi connectivity index (χ2n) is 14.2. The van der Waals surface area contributed by atoms with Gasteiger partial charge in [-0.2, -0.15) is 0 Å². The van der Waals surface area contributed by atoms with Crippen molar-refractivity contribution in [1.29, 1.82) is 0 Å². The van der Waals surface area contributed by atoms with Gasteiger partial charge in [0.15, 0.2) is 28.8 Å². The molecule has 4 aliphatic rings. The first-order chi connectivity index (χ1) is 25.6. The number of fused-ring (bicyclic) bond motifs is 4. The number of imide groups is 1. The maximum absolute atomic E-state index is 15.1. The van der Waals surface area contributed by atoms with Crippen molar-refractivity contribution >= 4 is 46.5 Å². The van der Waals surface area contributed by atoms with E-state index in [-0.39, 0.29) is 47.1 Å². The Hall–Kier alpha value is -6.15. The van der Waals surface area contributed by atoms with Crippen LogP contribution in [0.5, 0.6) is 11.5 Å². The van der Waals surface area contributed by atoms with Gasteiger partial charge in [0.2, 0.25) is 11.8 Å². The van der Waals surface area contributed by atoms with E-state index in [9.17, 15) is 19.5 Å². The zero-order valence-electron chi connectivity index (χ0n) is 29.3. The van der Waals surface area contributed by atoms with Crippen LogP contribution >= 0.6 is 0 Å². The van der Waals surface area contributed by atoms with Crippen molar-refractivity contribution in [2.75, 3.05) is 12.0 Å². The van der Waals surface area contributed by atoms with Gasteiger partial charge < -0.3 is 9.84 Å². The van der Waals surface area contributed by atoms with Crippen LogP contribution in [0.25, 0.3) is 11.6 Å². The summed E-state index contributed by atoms with van der Waals surface area (Å²) in [5.41, 5.74) is 2.77. The number of carbonyl (C=O) groups is 5. The summed E-state index contributed by atoms with van der Waals surface area (Å²) < 4.78 is 5.36. The van der Waals surface area contributed by atoms with Gasteiger partial charge in [0.1, 0.15) is 0 Å². The molecule has 53 heavy (non-hydrogen) atoms. The van der Waals surface area contributed by atoms with E-state index in [0.29, 0.717) is 39.9 Å². The Balaban J connectivity index is 1.30. The molecular weight excluding hydrogens is 666 g/mol. The van der Waals surface area contributed by atoms with E-state index < -0.39 is 35.0 Å². The van der Waals surface area contributed by atoms with Crippen molar-refractivity contribution in [3.8, 4) is 11.5 Å². The predicted molar refractivity (Wildman–Crippen MR) is 200 cm³/mol. The van der Waals surface area contributed by atoms with E-state index in [1.165, 1.54) is 31.1 Å². The maximum atomic E-state index is 15.1. The van der Waals surface area contributed by atoms with Crippen LogP contribution in [0.15, 0.2) is 127 Å². The molecule has 1 aliphatic heterocycles. The first-order valence-electron chi connectivity index (χ1n) is 17.8. The quantitative estimate of drug-likeness (QED) is 0.123. The maximum Gasteiger partial charge on any atom is 0.238 e. The summed E-state index contributed by atoms with van der Waals surface area (Å²) in [5.74, 6) is -4.31. The number of methoxy groups -OCH3 is 1. The first-order valence-corrected chi connectivity index (χ1v) is 17.8. The minimum absolute atomic E-state index is 0.0132. The van der Waals surface area contributed by atoms with Gasteiger partial charge in [-0.1, -0.05) is 90.5 Å². The first kappa shape index (κ1) is 34.0. The summed E-state index contributed by atoms with van der Waals surface area (Å²) in [7, 11) is 1.47. The number of ether oxygens (including phenoxy) is 1. The molecule has 264 valence electrons. The van der Waals surface area contributed by atoms with Crippen molar-refractivity contribution in [3.63, 3.8) is 0 Å².